The summed E-state index contributed by atoms with van der Waals surface area (Å²) in [5.74, 6) is 1.21. The monoisotopic (exact) mass is 437 g/mol. The number of hydrogen-bond donors (Lipinski definition) is 1. The molecule has 2 rings (SSSR count). The molecule has 9 heteroatoms. The first kappa shape index (κ1) is 23.5. The molecule has 0 spiro atoms. The second-order valence-corrected chi connectivity index (χ2v) is 8.07. The van der Waals surface area contributed by atoms with Gasteiger partial charge in [-0.15, -0.1) is 0 Å². The predicted octanol–water partition coefficient (Wildman–Crippen LogP) is 2.77. The predicted molar refractivity (Wildman–Crippen MR) is 111 cm³/mol. The molecule has 0 aliphatic carbocycles. The van der Waals surface area contributed by atoms with E-state index in [0.717, 1.165) is 12.2 Å². The van der Waals surface area contributed by atoms with Crippen molar-refractivity contribution in [3.05, 3.63) is 48.5 Å². The van der Waals surface area contributed by atoms with E-state index in [4.69, 9.17) is 18.9 Å². The Bertz CT molecular complexity index is 896. The molecule has 2 aromatic rings. The number of carbonyl (C=O) groups is 1. The number of benzene rings is 2. The third kappa shape index (κ3) is 7.23. The summed E-state index contributed by atoms with van der Waals surface area (Å²) in [7, 11) is -2.38. The van der Waals surface area contributed by atoms with Crippen LogP contribution in [0.15, 0.2) is 53.4 Å². The number of esters is 1. The second-order valence-electron chi connectivity index (χ2n) is 6.35. The van der Waals surface area contributed by atoms with Gasteiger partial charge in [0.1, 0.15) is 36.5 Å². The Morgan fingerprint density at radius 1 is 0.900 bits per heavy atom. The molecular formula is C21H27NO7S. The van der Waals surface area contributed by atoms with Gasteiger partial charge in [-0.2, -0.15) is 4.72 Å². The quantitative estimate of drug-likeness (QED) is 0.403. The lowest BCUT2D eigenvalue weighted by atomic mass is 10.3. The van der Waals surface area contributed by atoms with E-state index in [9.17, 15) is 13.2 Å². The van der Waals surface area contributed by atoms with Gasteiger partial charge in [0.2, 0.25) is 10.0 Å². The number of rotatable bonds is 12. The molecule has 1 atom stereocenters. The summed E-state index contributed by atoms with van der Waals surface area (Å²) in [5.41, 5.74) is 0. The highest BCUT2D eigenvalue weighted by Crippen LogP contribution is 2.18. The lowest BCUT2D eigenvalue weighted by molar-refractivity contribution is -0.145. The highest BCUT2D eigenvalue weighted by Gasteiger charge is 2.23. The standard InChI is InChI=1S/C21H27NO7S/c1-4-13-27-18-5-7-19(8-6-18)28-14-15-29-21(23)16(2)22-30(24,25)20-11-9-17(26-3)10-12-20/h5-12,16,22H,4,13-15H2,1-3H3. The van der Waals surface area contributed by atoms with Crippen LogP contribution in [0.2, 0.25) is 0 Å². The molecule has 0 aliphatic rings. The maximum atomic E-state index is 12.4. The molecule has 0 amide bonds. The summed E-state index contributed by atoms with van der Waals surface area (Å²) in [5, 5.41) is 0. The maximum absolute atomic E-state index is 12.4. The van der Waals surface area contributed by atoms with E-state index in [1.54, 1.807) is 24.3 Å². The van der Waals surface area contributed by atoms with Crippen molar-refractivity contribution < 1.29 is 32.2 Å². The van der Waals surface area contributed by atoms with Crippen LogP contribution in [0.5, 0.6) is 17.2 Å². The van der Waals surface area contributed by atoms with Gasteiger partial charge >= 0.3 is 5.97 Å². The Labute approximate surface area is 177 Å². The average Bonchev–Trinajstić information content (AvgIpc) is 2.75. The van der Waals surface area contributed by atoms with Crippen molar-refractivity contribution in [2.45, 2.75) is 31.2 Å². The molecule has 0 radical (unpaired) electrons. The topological polar surface area (TPSA) is 100 Å². The summed E-state index contributed by atoms with van der Waals surface area (Å²) < 4.78 is 48.1. The first-order chi connectivity index (χ1) is 14.4. The minimum absolute atomic E-state index is 0.0124. The average molecular weight is 438 g/mol. The number of methoxy groups -OCH3 is 1. The number of ether oxygens (including phenoxy) is 4. The van der Waals surface area contributed by atoms with Crippen molar-refractivity contribution in [1.82, 2.24) is 4.72 Å². The number of sulfonamides is 1. The van der Waals surface area contributed by atoms with Crippen LogP contribution in [0.1, 0.15) is 20.3 Å². The van der Waals surface area contributed by atoms with Gasteiger partial charge in [-0.1, -0.05) is 6.92 Å². The summed E-state index contributed by atoms with van der Waals surface area (Å²) in [4.78, 5) is 12.1. The van der Waals surface area contributed by atoms with Crippen molar-refractivity contribution in [1.29, 1.82) is 0 Å². The summed E-state index contributed by atoms with van der Waals surface area (Å²) in [6.07, 6.45) is 0.929. The molecule has 0 fully saturated rings. The van der Waals surface area contributed by atoms with Gasteiger partial charge in [0.05, 0.1) is 18.6 Å². The molecule has 8 nitrogen and oxygen atoms in total. The third-order valence-corrected chi connectivity index (χ3v) is 5.50. The summed E-state index contributed by atoms with van der Waals surface area (Å²) in [6.45, 7) is 4.22. The van der Waals surface area contributed by atoms with Crippen LogP contribution in [0, 0.1) is 0 Å². The fourth-order valence-electron chi connectivity index (χ4n) is 2.38. The fraction of sp³-hybridized carbons (Fsp3) is 0.381. The number of nitrogens with one attached hydrogen (secondary N) is 1. The van der Waals surface area contributed by atoms with E-state index in [-0.39, 0.29) is 18.1 Å². The largest absolute Gasteiger partial charge is 0.497 e. The van der Waals surface area contributed by atoms with Crippen molar-refractivity contribution in [3.8, 4) is 17.2 Å². The molecule has 0 aromatic heterocycles. The zero-order valence-corrected chi connectivity index (χ0v) is 18.1. The van der Waals surface area contributed by atoms with Crippen LogP contribution < -0.4 is 18.9 Å². The number of carbonyl (C=O) groups excluding carboxylic acids is 1. The highest BCUT2D eigenvalue weighted by atomic mass is 32.2. The van der Waals surface area contributed by atoms with E-state index in [2.05, 4.69) is 4.72 Å². The Balaban J connectivity index is 1.76. The zero-order chi connectivity index (χ0) is 22.0. The smallest absolute Gasteiger partial charge is 0.324 e. The molecule has 30 heavy (non-hydrogen) atoms. The van der Waals surface area contributed by atoms with E-state index in [0.29, 0.717) is 18.1 Å². The molecule has 1 N–H and O–H groups in total. The molecule has 0 heterocycles. The second kappa shape index (κ2) is 11.4. The molecule has 0 bridgehead atoms. The Morgan fingerprint density at radius 2 is 1.43 bits per heavy atom. The van der Waals surface area contributed by atoms with Gasteiger partial charge in [-0.25, -0.2) is 8.42 Å². The SMILES string of the molecule is CCCOc1ccc(OCCOC(=O)C(C)NS(=O)(=O)c2ccc(OC)cc2)cc1. The van der Waals surface area contributed by atoms with Gasteiger partial charge in [-0.05, 0) is 61.9 Å². The Kier molecular flexibility index (Phi) is 8.94. The Hall–Kier alpha value is -2.78. The van der Waals surface area contributed by atoms with Crippen LogP contribution >= 0.6 is 0 Å². The van der Waals surface area contributed by atoms with E-state index < -0.39 is 22.0 Å². The molecule has 2 aromatic carbocycles. The minimum atomic E-state index is -3.86. The normalized spacial score (nSPS) is 12.1. The first-order valence-corrected chi connectivity index (χ1v) is 11.0. The first-order valence-electron chi connectivity index (χ1n) is 9.54. The Morgan fingerprint density at radius 3 is 1.97 bits per heavy atom. The molecular weight excluding hydrogens is 410 g/mol. The minimum Gasteiger partial charge on any atom is -0.497 e. The third-order valence-electron chi connectivity index (χ3n) is 3.95. The van der Waals surface area contributed by atoms with Crippen molar-refractivity contribution in [2.75, 3.05) is 26.9 Å². The summed E-state index contributed by atoms with van der Waals surface area (Å²) in [6, 6.07) is 11.9. The van der Waals surface area contributed by atoms with Gasteiger partial charge in [-0.3, -0.25) is 4.79 Å². The van der Waals surface area contributed by atoms with Crippen molar-refractivity contribution in [2.24, 2.45) is 0 Å². The van der Waals surface area contributed by atoms with Crippen LogP contribution in [0.4, 0.5) is 0 Å². The van der Waals surface area contributed by atoms with Crippen molar-refractivity contribution in [3.63, 3.8) is 0 Å². The highest BCUT2D eigenvalue weighted by molar-refractivity contribution is 7.89. The molecule has 0 aliphatic heterocycles. The summed E-state index contributed by atoms with van der Waals surface area (Å²) >= 11 is 0. The van der Waals surface area contributed by atoms with Crippen LogP contribution in [0.3, 0.4) is 0 Å². The van der Waals surface area contributed by atoms with Crippen molar-refractivity contribution >= 4 is 16.0 Å². The van der Waals surface area contributed by atoms with Crippen LogP contribution in [-0.2, 0) is 19.6 Å². The van der Waals surface area contributed by atoms with E-state index in [1.807, 2.05) is 6.92 Å². The van der Waals surface area contributed by atoms with Gasteiger partial charge < -0.3 is 18.9 Å². The molecule has 0 saturated carbocycles. The lowest BCUT2D eigenvalue weighted by Crippen LogP contribution is -2.39. The fourth-order valence-corrected chi connectivity index (χ4v) is 3.57. The van der Waals surface area contributed by atoms with Crippen LogP contribution in [-0.4, -0.2) is 47.4 Å². The zero-order valence-electron chi connectivity index (χ0n) is 17.3. The maximum Gasteiger partial charge on any atom is 0.324 e. The van der Waals surface area contributed by atoms with E-state index >= 15 is 0 Å². The van der Waals surface area contributed by atoms with Crippen LogP contribution in [0.25, 0.3) is 0 Å². The molecule has 164 valence electrons. The molecule has 1 unspecified atom stereocenters. The van der Waals surface area contributed by atoms with E-state index in [1.165, 1.54) is 38.3 Å². The van der Waals surface area contributed by atoms with Gasteiger partial charge in [0, 0.05) is 0 Å². The number of hydrogen-bond acceptors (Lipinski definition) is 7. The van der Waals surface area contributed by atoms with Gasteiger partial charge in [0.15, 0.2) is 0 Å². The van der Waals surface area contributed by atoms with Gasteiger partial charge in [0.25, 0.3) is 0 Å². The molecule has 0 saturated heterocycles. The lowest BCUT2D eigenvalue weighted by Gasteiger charge is -2.14.